The van der Waals surface area contributed by atoms with Gasteiger partial charge in [-0.15, -0.1) is 0 Å². The number of carbonyl (C=O) groups is 1. The molecular formula is C18H12ClF2N3O4S2. The maximum absolute atomic E-state index is 13.6. The first kappa shape index (κ1) is 21.9. The van der Waals surface area contributed by atoms with Gasteiger partial charge >= 0.3 is 0 Å². The second-order valence-electron chi connectivity index (χ2n) is 5.80. The van der Waals surface area contributed by atoms with E-state index in [1.807, 2.05) is 0 Å². The number of hydrogen-bond acceptors (Lipinski definition) is 6. The maximum Gasteiger partial charge on any atom is 0.270 e. The summed E-state index contributed by atoms with van der Waals surface area (Å²) in [5, 5.41) is 2.43. The molecule has 0 aliphatic carbocycles. The number of carbonyl (C=O) groups excluding carboxylic acids is 1. The fourth-order valence-electron chi connectivity index (χ4n) is 2.30. The molecule has 30 heavy (non-hydrogen) atoms. The van der Waals surface area contributed by atoms with Crippen molar-refractivity contribution in [3.8, 4) is 0 Å². The summed E-state index contributed by atoms with van der Waals surface area (Å²) in [7, 11) is -4.14. The molecule has 0 saturated heterocycles. The number of amides is 1. The van der Waals surface area contributed by atoms with Crippen molar-refractivity contribution in [2.75, 3.05) is 11.1 Å². The van der Waals surface area contributed by atoms with Crippen molar-refractivity contribution >= 4 is 44.8 Å². The molecule has 0 aliphatic rings. The van der Waals surface area contributed by atoms with E-state index in [1.54, 1.807) is 0 Å². The summed E-state index contributed by atoms with van der Waals surface area (Å²) in [5.41, 5.74) is -1.12. The summed E-state index contributed by atoms with van der Waals surface area (Å²) in [6.45, 7) is 0. The first-order chi connectivity index (χ1) is 14.2. The highest BCUT2D eigenvalue weighted by Crippen LogP contribution is 2.22. The molecule has 2 N–H and O–H groups in total. The van der Waals surface area contributed by atoms with Crippen LogP contribution < -0.4 is 10.9 Å². The van der Waals surface area contributed by atoms with Crippen LogP contribution in [0, 0.1) is 11.6 Å². The Balaban J connectivity index is 1.71. The lowest BCUT2D eigenvalue weighted by molar-refractivity contribution is -0.113. The molecule has 0 radical (unpaired) electrons. The Morgan fingerprint density at radius 1 is 1.20 bits per heavy atom. The SMILES string of the molecule is O=C(CSc1ncc(S(=O)(=O)c2cccc(Cl)c2)c(=O)[nH]1)Nc1ccc(F)cc1F. The maximum atomic E-state index is 13.6. The van der Waals surface area contributed by atoms with Crippen LogP contribution in [0.3, 0.4) is 0 Å². The molecule has 156 valence electrons. The molecule has 12 heteroatoms. The van der Waals surface area contributed by atoms with Crippen LogP contribution in [0.1, 0.15) is 0 Å². The monoisotopic (exact) mass is 471 g/mol. The minimum Gasteiger partial charge on any atom is -0.323 e. The zero-order chi connectivity index (χ0) is 21.9. The standard InChI is InChI=1S/C18H12ClF2N3O4S2/c19-10-2-1-3-12(6-10)30(27,28)15-8-22-18(24-17(15)26)29-9-16(25)23-14-5-4-11(20)7-13(14)21/h1-8H,9H2,(H,23,25)(H,22,24,26). The van der Waals surface area contributed by atoms with E-state index in [0.717, 1.165) is 30.1 Å². The van der Waals surface area contributed by atoms with Crippen molar-refractivity contribution in [1.29, 1.82) is 0 Å². The van der Waals surface area contributed by atoms with E-state index in [9.17, 15) is 26.8 Å². The number of nitrogens with one attached hydrogen (secondary N) is 2. The molecule has 0 unspecified atom stereocenters. The van der Waals surface area contributed by atoms with Crippen LogP contribution in [0.4, 0.5) is 14.5 Å². The molecule has 3 rings (SSSR count). The van der Waals surface area contributed by atoms with Gasteiger partial charge in [0.15, 0.2) is 10.1 Å². The van der Waals surface area contributed by atoms with Crippen molar-refractivity contribution in [2.24, 2.45) is 0 Å². The Labute approximate surface area is 178 Å². The third-order valence-corrected chi connectivity index (χ3v) is 6.55. The van der Waals surface area contributed by atoms with Crippen molar-refractivity contribution in [1.82, 2.24) is 9.97 Å². The van der Waals surface area contributed by atoms with Gasteiger partial charge < -0.3 is 10.3 Å². The summed E-state index contributed by atoms with van der Waals surface area (Å²) < 4.78 is 51.6. The number of sulfone groups is 1. The van der Waals surface area contributed by atoms with E-state index < -0.39 is 37.8 Å². The van der Waals surface area contributed by atoms with Crippen molar-refractivity contribution < 1.29 is 22.0 Å². The molecule has 0 atom stereocenters. The highest BCUT2D eigenvalue weighted by atomic mass is 35.5. The number of nitrogens with zero attached hydrogens (tertiary/aromatic N) is 1. The molecule has 2 aromatic carbocycles. The molecule has 0 saturated carbocycles. The van der Waals surface area contributed by atoms with E-state index in [1.165, 1.54) is 24.3 Å². The van der Waals surface area contributed by atoms with Gasteiger partial charge in [0.2, 0.25) is 15.7 Å². The highest BCUT2D eigenvalue weighted by molar-refractivity contribution is 7.99. The van der Waals surface area contributed by atoms with Crippen LogP contribution in [-0.2, 0) is 14.6 Å². The van der Waals surface area contributed by atoms with E-state index >= 15 is 0 Å². The minimum absolute atomic E-state index is 0.0141. The van der Waals surface area contributed by atoms with Gasteiger partial charge in [-0.1, -0.05) is 29.4 Å². The Kier molecular flexibility index (Phi) is 6.54. The predicted molar refractivity (Wildman–Crippen MR) is 107 cm³/mol. The summed E-state index contributed by atoms with van der Waals surface area (Å²) in [6.07, 6.45) is 0.884. The number of rotatable bonds is 6. The lowest BCUT2D eigenvalue weighted by Crippen LogP contribution is -2.20. The first-order valence-electron chi connectivity index (χ1n) is 8.14. The average Bonchev–Trinajstić information content (AvgIpc) is 2.68. The van der Waals surface area contributed by atoms with E-state index in [0.29, 0.717) is 6.07 Å². The van der Waals surface area contributed by atoms with Crippen LogP contribution in [0.25, 0.3) is 0 Å². The Morgan fingerprint density at radius 3 is 2.63 bits per heavy atom. The topological polar surface area (TPSA) is 109 Å². The minimum atomic E-state index is -4.14. The van der Waals surface area contributed by atoms with Crippen molar-refractivity contribution in [3.05, 3.63) is 75.7 Å². The predicted octanol–water partition coefficient (Wildman–Crippen LogP) is 3.27. The number of aromatic amines is 1. The third kappa shape index (κ3) is 5.04. The van der Waals surface area contributed by atoms with E-state index in [-0.39, 0.29) is 26.5 Å². The summed E-state index contributed by atoms with van der Waals surface area (Å²) in [6, 6.07) is 8.11. The zero-order valence-electron chi connectivity index (χ0n) is 14.9. The molecule has 1 heterocycles. The van der Waals surface area contributed by atoms with Crippen LogP contribution in [0.5, 0.6) is 0 Å². The number of aromatic nitrogens is 2. The van der Waals surface area contributed by atoms with Gasteiger partial charge in [-0.3, -0.25) is 9.59 Å². The number of thioether (sulfide) groups is 1. The highest BCUT2D eigenvalue weighted by Gasteiger charge is 2.22. The smallest absolute Gasteiger partial charge is 0.270 e. The van der Waals surface area contributed by atoms with Gasteiger partial charge in [-0.05, 0) is 30.3 Å². The van der Waals surface area contributed by atoms with Gasteiger partial charge in [-0.2, -0.15) is 0 Å². The lowest BCUT2D eigenvalue weighted by atomic mass is 10.3. The van der Waals surface area contributed by atoms with Gasteiger partial charge in [-0.25, -0.2) is 22.2 Å². The number of halogens is 3. The molecule has 0 fully saturated rings. The van der Waals surface area contributed by atoms with Crippen molar-refractivity contribution in [3.63, 3.8) is 0 Å². The number of H-pyrrole nitrogens is 1. The molecular weight excluding hydrogens is 460 g/mol. The number of benzene rings is 2. The fraction of sp³-hybridized carbons (Fsp3) is 0.0556. The van der Waals surface area contributed by atoms with Gasteiger partial charge in [0.1, 0.15) is 11.6 Å². The van der Waals surface area contributed by atoms with Crippen LogP contribution >= 0.6 is 23.4 Å². The van der Waals surface area contributed by atoms with Crippen molar-refractivity contribution in [2.45, 2.75) is 14.9 Å². The molecule has 3 aromatic rings. The second kappa shape index (κ2) is 8.94. The van der Waals surface area contributed by atoms with E-state index in [4.69, 9.17) is 11.6 Å². The summed E-state index contributed by atoms with van der Waals surface area (Å²) >= 11 is 6.60. The molecule has 1 amide bonds. The van der Waals surface area contributed by atoms with Gasteiger partial charge in [0.05, 0.1) is 22.5 Å². The summed E-state index contributed by atoms with van der Waals surface area (Å²) in [4.78, 5) is 29.6. The Bertz CT molecular complexity index is 1280. The lowest BCUT2D eigenvalue weighted by Gasteiger charge is -2.07. The first-order valence-corrected chi connectivity index (χ1v) is 11.0. The Morgan fingerprint density at radius 2 is 1.97 bits per heavy atom. The Hall–Kier alpha value is -2.76. The number of anilines is 1. The molecule has 7 nitrogen and oxygen atoms in total. The summed E-state index contributed by atoms with van der Waals surface area (Å²) in [5.74, 6) is -2.62. The molecule has 0 aliphatic heterocycles. The van der Waals surface area contributed by atoms with Crippen LogP contribution in [0.15, 0.2) is 68.4 Å². The largest absolute Gasteiger partial charge is 0.323 e. The average molecular weight is 472 g/mol. The second-order valence-corrected chi connectivity index (χ2v) is 9.12. The quantitative estimate of drug-likeness (QED) is 0.422. The van der Waals surface area contributed by atoms with Crippen LogP contribution in [-0.4, -0.2) is 30.0 Å². The molecule has 1 aromatic heterocycles. The third-order valence-electron chi connectivity index (χ3n) is 3.68. The molecule has 0 bridgehead atoms. The molecule has 0 spiro atoms. The zero-order valence-corrected chi connectivity index (χ0v) is 17.2. The number of hydrogen-bond donors (Lipinski definition) is 2. The van der Waals surface area contributed by atoms with E-state index in [2.05, 4.69) is 15.3 Å². The fourth-order valence-corrected chi connectivity index (χ4v) is 4.47. The van der Waals surface area contributed by atoms with Gasteiger partial charge in [0.25, 0.3) is 5.56 Å². The van der Waals surface area contributed by atoms with Crippen LogP contribution in [0.2, 0.25) is 5.02 Å². The van der Waals surface area contributed by atoms with Gasteiger partial charge in [0, 0.05) is 11.1 Å². The normalized spacial score (nSPS) is 11.3.